The van der Waals surface area contributed by atoms with Crippen LogP contribution in [0.1, 0.15) is 0 Å². The quantitative estimate of drug-likeness (QED) is 0.284. The third-order valence-corrected chi connectivity index (χ3v) is 3.74. The lowest BCUT2D eigenvalue weighted by atomic mass is 10.4. The number of thiophene rings is 1. The number of aromatic nitrogens is 2. The van der Waals surface area contributed by atoms with Crippen LogP contribution in [-0.2, 0) is 9.53 Å². The minimum atomic E-state index is -0.292. The number of nitrogens with zero attached hydrogens (tertiary/aromatic N) is 2. The van der Waals surface area contributed by atoms with Crippen LogP contribution in [-0.4, -0.2) is 28.8 Å². The Bertz CT molecular complexity index is 543. The van der Waals surface area contributed by atoms with Gasteiger partial charge in [0.1, 0.15) is 9.86 Å². The molecule has 8 heteroatoms. The number of thioether (sulfide) groups is 1. The second-order valence-electron chi connectivity index (χ2n) is 3.00. The van der Waals surface area contributed by atoms with Crippen LogP contribution >= 0.6 is 23.1 Å². The normalized spacial score (nSPS) is 10.5. The van der Waals surface area contributed by atoms with Gasteiger partial charge in [-0.05, 0) is 11.4 Å². The Kier molecular flexibility index (Phi) is 3.77. The number of hydrazine groups is 1. The zero-order valence-electron chi connectivity index (χ0n) is 8.97. The Morgan fingerprint density at radius 2 is 2.47 bits per heavy atom. The summed E-state index contributed by atoms with van der Waals surface area (Å²) in [6, 6.07) is 1.92. The smallest absolute Gasteiger partial charge is 0.316 e. The van der Waals surface area contributed by atoms with Crippen LogP contribution < -0.4 is 11.3 Å². The second-order valence-corrected chi connectivity index (χ2v) is 4.86. The fraction of sp³-hybridized carbons (Fsp3) is 0.222. The number of hydrogen-bond acceptors (Lipinski definition) is 8. The zero-order chi connectivity index (χ0) is 12.3. The molecule has 0 unspecified atom stereocenters. The molecule has 0 saturated carbocycles. The number of ether oxygens (including phenoxy) is 1. The highest BCUT2D eigenvalue weighted by atomic mass is 32.2. The number of carbonyl (C=O) groups is 1. The summed E-state index contributed by atoms with van der Waals surface area (Å²) in [4.78, 5) is 20.3. The number of anilines is 1. The number of methoxy groups -OCH3 is 1. The molecule has 0 amide bonds. The molecule has 3 N–H and O–H groups in total. The molecular weight excluding hydrogens is 260 g/mol. The number of hydrogen-bond donors (Lipinski definition) is 2. The van der Waals surface area contributed by atoms with Gasteiger partial charge in [0.25, 0.3) is 0 Å². The van der Waals surface area contributed by atoms with Crippen LogP contribution in [0.2, 0.25) is 0 Å². The van der Waals surface area contributed by atoms with Crippen molar-refractivity contribution in [1.82, 2.24) is 9.97 Å². The van der Waals surface area contributed by atoms with E-state index in [2.05, 4.69) is 20.1 Å². The molecule has 0 atom stereocenters. The Morgan fingerprint density at radius 1 is 1.65 bits per heavy atom. The zero-order valence-corrected chi connectivity index (χ0v) is 10.6. The molecule has 0 bridgehead atoms. The molecule has 0 fully saturated rings. The minimum Gasteiger partial charge on any atom is -0.468 e. The minimum absolute atomic E-state index is 0.211. The highest BCUT2D eigenvalue weighted by Gasteiger charge is 2.11. The first-order valence-corrected chi connectivity index (χ1v) is 6.52. The Hall–Kier alpha value is -1.38. The van der Waals surface area contributed by atoms with E-state index >= 15 is 0 Å². The molecule has 2 rings (SSSR count). The fourth-order valence-electron chi connectivity index (χ4n) is 1.19. The largest absolute Gasteiger partial charge is 0.468 e. The van der Waals surface area contributed by atoms with Gasteiger partial charge in [-0.15, -0.1) is 11.3 Å². The second kappa shape index (κ2) is 5.30. The van der Waals surface area contributed by atoms with E-state index in [1.807, 2.05) is 11.4 Å². The van der Waals surface area contributed by atoms with Crippen molar-refractivity contribution in [2.75, 3.05) is 18.3 Å². The molecule has 0 aliphatic heterocycles. The number of esters is 1. The topological polar surface area (TPSA) is 90.1 Å². The van der Waals surface area contributed by atoms with Crippen LogP contribution in [0.4, 0.5) is 5.95 Å². The maximum Gasteiger partial charge on any atom is 0.316 e. The highest BCUT2D eigenvalue weighted by Crippen LogP contribution is 2.29. The Labute approximate surface area is 106 Å². The standard InChI is InChI=1S/C9H10N4O2S2/c1-15-6(14)4-17-8-5-2-3-16-7(5)11-9(12-8)13-10/h2-3H,4,10H2,1H3,(H,11,12,13). The summed E-state index contributed by atoms with van der Waals surface area (Å²) in [5.41, 5.74) is 2.41. The predicted octanol–water partition coefficient (Wildman–Crippen LogP) is 1.24. The summed E-state index contributed by atoms with van der Waals surface area (Å²) in [7, 11) is 1.36. The van der Waals surface area contributed by atoms with Crippen molar-refractivity contribution in [2.45, 2.75) is 5.03 Å². The number of nitrogens with one attached hydrogen (secondary N) is 1. The summed E-state index contributed by atoms with van der Waals surface area (Å²) >= 11 is 2.80. The monoisotopic (exact) mass is 270 g/mol. The van der Waals surface area contributed by atoms with Crippen LogP contribution in [0.3, 0.4) is 0 Å². The molecule has 2 aromatic heterocycles. The van der Waals surface area contributed by atoms with E-state index in [1.165, 1.54) is 30.2 Å². The molecule has 0 saturated heterocycles. The molecule has 0 spiro atoms. The SMILES string of the molecule is COC(=O)CSc1nc(NN)nc2sccc12. The van der Waals surface area contributed by atoms with Crippen LogP contribution in [0.5, 0.6) is 0 Å². The fourth-order valence-corrected chi connectivity index (χ4v) is 2.86. The summed E-state index contributed by atoms with van der Waals surface area (Å²) in [5, 5.41) is 3.56. The van der Waals surface area contributed by atoms with Crippen molar-refractivity contribution >= 4 is 45.2 Å². The molecule has 6 nitrogen and oxygen atoms in total. The maximum atomic E-state index is 11.1. The Morgan fingerprint density at radius 3 is 3.18 bits per heavy atom. The van der Waals surface area contributed by atoms with Gasteiger partial charge in [-0.2, -0.15) is 0 Å². The van der Waals surface area contributed by atoms with Crippen molar-refractivity contribution in [3.8, 4) is 0 Å². The lowest BCUT2D eigenvalue weighted by Gasteiger charge is -2.04. The van der Waals surface area contributed by atoms with Gasteiger partial charge in [0.05, 0.1) is 12.9 Å². The number of rotatable bonds is 4. The molecule has 0 aromatic carbocycles. The highest BCUT2D eigenvalue weighted by molar-refractivity contribution is 8.00. The third kappa shape index (κ3) is 2.65. The van der Waals surface area contributed by atoms with Crippen LogP contribution in [0.25, 0.3) is 10.2 Å². The molecule has 2 heterocycles. The van der Waals surface area contributed by atoms with Crippen LogP contribution in [0.15, 0.2) is 16.5 Å². The first-order chi connectivity index (χ1) is 8.24. The molecule has 0 aliphatic carbocycles. The van der Waals surface area contributed by atoms with Gasteiger partial charge in [0.15, 0.2) is 0 Å². The molecule has 0 aliphatic rings. The van der Waals surface area contributed by atoms with E-state index in [0.717, 1.165) is 15.2 Å². The van der Waals surface area contributed by atoms with Gasteiger partial charge < -0.3 is 4.74 Å². The average molecular weight is 270 g/mol. The first-order valence-electron chi connectivity index (χ1n) is 4.66. The molecular formula is C9H10N4O2S2. The van der Waals surface area contributed by atoms with E-state index in [4.69, 9.17) is 5.84 Å². The molecule has 17 heavy (non-hydrogen) atoms. The molecule has 2 aromatic rings. The number of nitrogens with two attached hydrogens (primary N) is 1. The van der Waals surface area contributed by atoms with Crippen LogP contribution in [0, 0.1) is 0 Å². The van der Waals surface area contributed by atoms with Gasteiger partial charge in [-0.1, -0.05) is 11.8 Å². The molecule has 0 radical (unpaired) electrons. The number of carbonyl (C=O) groups excluding carboxylic acids is 1. The van der Waals surface area contributed by atoms with E-state index < -0.39 is 0 Å². The lowest BCUT2D eigenvalue weighted by Crippen LogP contribution is -2.11. The summed E-state index contributed by atoms with van der Waals surface area (Å²) in [5.74, 6) is 5.55. The average Bonchev–Trinajstić information content (AvgIpc) is 2.83. The first kappa shape index (κ1) is 12.1. The summed E-state index contributed by atoms with van der Waals surface area (Å²) in [6.07, 6.45) is 0. The third-order valence-electron chi connectivity index (χ3n) is 1.97. The Balaban J connectivity index is 2.30. The van der Waals surface area contributed by atoms with Gasteiger partial charge in [-0.3, -0.25) is 10.2 Å². The van der Waals surface area contributed by atoms with Crippen molar-refractivity contribution in [3.63, 3.8) is 0 Å². The molecule has 90 valence electrons. The van der Waals surface area contributed by atoms with Gasteiger partial charge in [0.2, 0.25) is 5.95 Å². The van der Waals surface area contributed by atoms with Gasteiger partial charge in [-0.25, -0.2) is 15.8 Å². The summed E-state index contributed by atoms with van der Waals surface area (Å²) < 4.78 is 4.58. The van der Waals surface area contributed by atoms with Crippen molar-refractivity contribution in [1.29, 1.82) is 0 Å². The maximum absolute atomic E-state index is 11.1. The number of nitrogen functional groups attached to an aromatic ring is 1. The van der Waals surface area contributed by atoms with Crippen molar-refractivity contribution < 1.29 is 9.53 Å². The number of fused-ring (bicyclic) bond motifs is 1. The lowest BCUT2D eigenvalue weighted by molar-refractivity contribution is -0.137. The predicted molar refractivity (Wildman–Crippen MR) is 68.0 cm³/mol. The summed E-state index contributed by atoms with van der Waals surface area (Å²) in [6.45, 7) is 0. The van der Waals surface area contributed by atoms with Gasteiger partial charge >= 0.3 is 5.97 Å². The van der Waals surface area contributed by atoms with E-state index in [1.54, 1.807) is 0 Å². The van der Waals surface area contributed by atoms with E-state index in [-0.39, 0.29) is 11.7 Å². The van der Waals surface area contributed by atoms with Gasteiger partial charge in [0, 0.05) is 5.39 Å². The van der Waals surface area contributed by atoms with E-state index in [0.29, 0.717) is 5.95 Å². The van der Waals surface area contributed by atoms with Crippen molar-refractivity contribution in [2.24, 2.45) is 5.84 Å². The van der Waals surface area contributed by atoms with E-state index in [9.17, 15) is 4.79 Å². The van der Waals surface area contributed by atoms with Crippen molar-refractivity contribution in [3.05, 3.63) is 11.4 Å².